The van der Waals surface area contributed by atoms with Crippen molar-refractivity contribution in [2.24, 2.45) is 0 Å². The Labute approximate surface area is 121 Å². The molecule has 0 aliphatic carbocycles. The summed E-state index contributed by atoms with van der Waals surface area (Å²) in [5.41, 5.74) is 2.08. The van der Waals surface area contributed by atoms with Crippen LogP contribution in [0.1, 0.15) is 18.5 Å². The molecule has 3 rings (SSSR count). The molecule has 0 radical (unpaired) electrons. The first kappa shape index (κ1) is 12.9. The summed E-state index contributed by atoms with van der Waals surface area (Å²) in [6.45, 7) is 2.10. The summed E-state index contributed by atoms with van der Waals surface area (Å²) in [6, 6.07) is 10.1. The fraction of sp³-hybridized carbons (Fsp3) is 0.200. The first-order valence-corrected chi connectivity index (χ1v) is 7.25. The summed E-state index contributed by atoms with van der Waals surface area (Å²) >= 11 is 1.64. The highest BCUT2D eigenvalue weighted by molar-refractivity contribution is 7.17. The molecule has 102 valence electrons. The van der Waals surface area contributed by atoms with Crippen molar-refractivity contribution < 1.29 is 4.74 Å². The van der Waals surface area contributed by atoms with Crippen molar-refractivity contribution >= 4 is 27.4 Å². The Kier molecular flexibility index (Phi) is 3.52. The molecule has 3 aromatic rings. The highest BCUT2D eigenvalue weighted by Gasteiger charge is 2.13. The van der Waals surface area contributed by atoms with Crippen molar-refractivity contribution in [2.45, 2.75) is 13.0 Å². The lowest BCUT2D eigenvalue weighted by Crippen LogP contribution is -2.09. The summed E-state index contributed by atoms with van der Waals surface area (Å²) in [4.78, 5) is 8.60. The van der Waals surface area contributed by atoms with E-state index in [0.717, 1.165) is 27.3 Å². The summed E-state index contributed by atoms with van der Waals surface area (Å²) in [5.74, 6) is 1.74. The van der Waals surface area contributed by atoms with Crippen molar-refractivity contribution in [3.8, 4) is 5.75 Å². The summed E-state index contributed by atoms with van der Waals surface area (Å²) < 4.78 is 6.48. The number of anilines is 1. The third-order valence-electron chi connectivity index (χ3n) is 3.20. The molecule has 1 aromatic carbocycles. The quantitative estimate of drug-likeness (QED) is 0.790. The number of hydrogen-bond donors (Lipinski definition) is 1. The third-order valence-corrected chi connectivity index (χ3v) is 4.11. The van der Waals surface area contributed by atoms with Gasteiger partial charge in [-0.1, -0.05) is 18.2 Å². The van der Waals surface area contributed by atoms with E-state index < -0.39 is 0 Å². The maximum absolute atomic E-state index is 5.41. The van der Waals surface area contributed by atoms with Crippen LogP contribution in [0.5, 0.6) is 5.75 Å². The highest BCUT2D eigenvalue weighted by Crippen LogP contribution is 2.30. The molecule has 1 atom stereocenters. The van der Waals surface area contributed by atoms with E-state index in [1.165, 1.54) is 0 Å². The second-order valence-corrected chi connectivity index (χ2v) is 5.38. The number of methoxy groups -OCH3 is 1. The number of rotatable bonds is 4. The van der Waals surface area contributed by atoms with Crippen LogP contribution in [0.15, 0.2) is 42.0 Å². The van der Waals surface area contributed by atoms with Crippen LogP contribution in [-0.4, -0.2) is 17.1 Å². The van der Waals surface area contributed by atoms with Gasteiger partial charge in [0.2, 0.25) is 0 Å². The summed E-state index contributed by atoms with van der Waals surface area (Å²) in [7, 11) is 1.69. The Morgan fingerprint density at radius 3 is 2.90 bits per heavy atom. The van der Waals surface area contributed by atoms with Crippen molar-refractivity contribution in [1.82, 2.24) is 9.97 Å². The number of ether oxygens (including phenoxy) is 1. The number of fused-ring (bicyclic) bond motifs is 1. The molecule has 2 heterocycles. The molecule has 0 amide bonds. The van der Waals surface area contributed by atoms with Gasteiger partial charge in [-0.3, -0.25) is 0 Å². The number of nitrogens with zero attached hydrogens (tertiary/aromatic N) is 2. The fourth-order valence-electron chi connectivity index (χ4n) is 2.20. The van der Waals surface area contributed by atoms with Crippen LogP contribution in [-0.2, 0) is 0 Å². The number of hydrogen-bond acceptors (Lipinski definition) is 5. The largest absolute Gasteiger partial charge is 0.496 e. The molecular weight excluding hydrogens is 270 g/mol. The van der Waals surface area contributed by atoms with Gasteiger partial charge in [-0.25, -0.2) is 9.97 Å². The van der Waals surface area contributed by atoms with Crippen LogP contribution in [0.2, 0.25) is 0 Å². The minimum atomic E-state index is 0.103. The van der Waals surface area contributed by atoms with E-state index in [9.17, 15) is 0 Å². The normalized spacial score (nSPS) is 12.3. The average molecular weight is 285 g/mol. The molecule has 0 spiro atoms. The van der Waals surface area contributed by atoms with Crippen molar-refractivity contribution in [1.29, 1.82) is 0 Å². The van der Waals surface area contributed by atoms with E-state index >= 15 is 0 Å². The van der Waals surface area contributed by atoms with Crippen LogP contribution < -0.4 is 10.1 Å². The smallest absolute Gasteiger partial charge is 0.147 e. The Morgan fingerprint density at radius 2 is 2.05 bits per heavy atom. The minimum absolute atomic E-state index is 0.103. The number of para-hydroxylation sites is 1. The molecule has 0 aliphatic heterocycles. The van der Waals surface area contributed by atoms with E-state index in [2.05, 4.69) is 28.3 Å². The maximum Gasteiger partial charge on any atom is 0.147 e. The molecule has 5 heteroatoms. The summed E-state index contributed by atoms with van der Waals surface area (Å²) in [6.07, 6.45) is 1.59. The van der Waals surface area contributed by atoms with Gasteiger partial charge in [0.05, 0.1) is 23.4 Å². The van der Waals surface area contributed by atoms with Crippen LogP contribution in [0.25, 0.3) is 10.2 Å². The molecule has 0 fully saturated rings. The fourth-order valence-corrected chi connectivity index (χ4v) is 3.00. The predicted molar refractivity (Wildman–Crippen MR) is 82.4 cm³/mol. The van der Waals surface area contributed by atoms with Gasteiger partial charge in [0.1, 0.15) is 17.9 Å². The lowest BCUT2D eigenvalue weighted by molar-refractivity contribution is 0.408. The maximum atomic E-state index is 5.41. The Balaban J connectivity index is 1.92. The molecule has 0 bridgehead atoms. The molecule has 0 saturated carbocycles. The highest BCUT2D eigenvalue weighted by atomic mass is 32.1. The van der Waals surface area contributed by atoms with E-state index in [1.54, 1.807) is 24.8 Å². The minimum Gasteiger partial charge on any atom is -0.496 e. The first-order chi connectivity index (χ1) is 9.79. The van der Waals surface area contributed by atoms with Gasteiger partial charge in [0.25, 0.3) is 0 Å². The van der Waals surface area contributed by atoms with Gasteiger partial charge in [-0.2, -0.15) is 0 Å². The SMILES string of the molecule is COc1ccccc1[C@@H](C)Nc1ncnc2ccsc12. The van der Waals surface area contributed by atoms with E-state index in [4.69, 9.17) is 4.74 Å². The van der Waals surface area contributed by atoms with Crippen LogP contribution in [0, 0.1) is 0 Å². The number of thiophene rings is 1. The van der Waals surface area contributed by atoms with E-state index in [-0.39, 0.29) is 6.04 Å². The first-order valence-electron chi connectivity index (χ1n) is 6.37. The van der Waals surface area contributed by atoms with Crippen molar-refractivity contribution in [2.75, 3.05) is 12.4 Å². The zero-order valence-electron chi connectivity index (χ0n) is 11.3. The van der Waals surface area contributed by atoms with Crippen LogP contribution in [0.4, 0.5) is 5.82 Å². The lowest BCUT2D eigenvalue weighted by atomic mass is 10.1. The summed E-state index contributed by atoms with van der Waals surface area (Å²) in [5, 5.41) is 5.47. The topological polar surface area (TPSA) is 47.0 Å². The van der Waals surface area contributed by atoms with Crippen LogP contribution >= 0.6 is 11.3 Å². The second kappa shape index (κ2) is 5.46. The van der Waals surface area contributed by atoms with Crippen molar-refractivity contribution in [3.63, 3.8) is 0 Å². The molecule has 4 nitrogen and oxygen atoms in total. The number of benzene rings is 1. The lowest BCUT2D eigenvalue weighted by Gasteiger charge is -2.17. The average Bonchev–Trinajstić information content (AvgIpc) is 2.96. The number of nitrogens with one attached hydrogen (secondary N) is 1. The van der Waals surface area contributed by atoms with Gasteiger partial charge in [0.15, 0.2) is 0 Å². The van der Waals surface area contributed by atoms with E-state index in [0.29, 0.717) is 0 Å². The molecule has 0 saturated heterocycles. The standard InChI is InChI=1S/C15H15N3OS/c1-10(11-5-3-4-6-13(11)19-2)18-15-14-12(7-8-20-14)16-9-17-15/h3-10H,1-2H3,(H,16,17,18)/t10-/m1/s1. The monoisotopic (exact) mass is 285 g/mol. The predicted octanol–water partition coefficient (Wildman–Crippen LogP) is 3.87. The van der Waals surface area contributed by atoms with E-state index in [1.807, 2.05) is 29.6 Å². The third kappa shape index (κ3) is 2.32. The Bertz CT molecular complexity index is 726. The van der Waals surface area contributed by atoms with Crippen LogP contribution in [0.3, 0.4) is 0 Å². The molecule has 2 aromatic heterocycles. The molecule has 0 unspecified atom stereocenters. The van der Waals surface area contributed by atoms with Gasteiger partial charge in [-0.15, -0.1) is 11.3 Å². The van der Waals surface area contributed by atoms with Crippen molar-refractivity contribution in [3.05, 3.63) is 47.6 Å². The zero-order chi connectivity index (χ0) is 13.9. The Hall–Kier alpha value is -2.14. The Morgan fingerprint density at radius 1 is 1.20 bits per heavy atom. The van der Waals surface area contributed by atoms with Gasteiger partial charge in [0, 0.05) is 5.56 Å². The molecule has 0 aliphatic rings. The van der Waals surface area contributed by atoms with Gasteiger partial charge in [-0.05, 0) is 24.4 Å². The molecular formula is C15H15N3OS. The molecule has 20 heavy (non-hydrogen) atoms. The van der Waals surface area contributed by atoms with Gasteiger partial charge < -0.3 is 10.1 Å². The number of aromatic nitrogens is 2. The van der Waals surface area contributed by atoms with Gasteiger partial charge >= 0.3 is 0 Å². The zero-order valence-corrected chi connectivity index (χ0v) is 12.1. The second-order valence-electron chi connectivity index (χ2n) is 4.47. The molecule has 1 N–H and O–H groups in total.